The number of nitrogens with zero attached hydrogens (tertiary/aromatic N) is 4. The van der Waals surface area contributed by atoms with Crippen LogP contribution >= 0.6 is 36.0 Å². The number of halogens is 1. The molecule has 0 radical (unpaired) electrons. The molecular formula is C24H19ClN4O4S2. The molecule has 2 fully saturated rings. The van der Waals surface area contributed by atoms with Crippen molar-refractivity contribution in [3.05, 3.63) is 57.6 Å². The summed E-state index contributed by atoms with van der Waals surface area (Å²) in [6, 6.07) is 8.74. The molecule has 0 aliphatic carbocycles. The first kappa shape index (κ1) is 24.6. The molecule has 2 aromatic rings. The normalized spacial score (nSPS) is 17.3. The molecule has 0 spiro atoms. The Labute approximate surface area is 217 Å². The molecule has 178 valence electrons. The van der Waals surface area contributed by atoms with Crippen LogP contribution in [0, 0.1) is 0 Å². The molecule has 4 amide bonds. The SMILES string of the molecule is CN1C(=O)C(=Cc2ccc3c(Cl)c(C=C4C(=O)N(C)C(=S)N(C)C4=O)ccc3c2)C(=O)N(C)C1=S. The summed E-state index contributed by atoms with van der Waals surface area (Å²) in [5.41, 5.74) is 1.06. The lowest BCUT2D eigenvalue weighted by molar-refractivity contribution is -0.133. The number of likely N-dealkylation sites (N-methyl/N-ethyl adjacent to an activating group) is 4. The molecule has 2 aromatic carbocycles. The summed E-state index contributed by atoms with van der Waals surface area (Å²) >= 11 is 16.9. The van der Waals surface area contributed by atoms with Crippen LogP contribution in [-0.4, -0.2) is 81.6 Å². The van der Waals surface area contributed by atoms with E-state index in [1.54, 1.807) is 30.3 Å². The highest BCUT2D eigenvalue weighted by molar-refractivity contribution is 7.80. The Morgan fingerprint density at radius 2 is 1.14 bits per heavy atom. The monoisotopic (exact) mass is 526 g/mol. The first-order valence-corrected chi connectivity index (χ1v) is 11.5. The molecule has 8 nitrogen and oxygen atoms in total. The minimum absolute atomic E-state index is 0.00382. The molecule has 2 aliphatic rings. The molecule has 0 unspecified atom stereocenters. The Kier molecular flexibility index (Phi) is 6.31. The summed E-state index contributed by atoms with van der Waals surface area (Å²) in [5, 5.41) is 2.03. The summed E-state index contributed by atoms with van der Waals surface area (Å²) < 4.78 is 0. The Morgan fingerprint density at radius 3 is 1.63 bits per heavy atom. The highest BCUT2D eigenvalue weighted by Crippen LogP contribution is 2.31. The minimum Gasteiger partial charge on any atom is -0.288 e. The molecule has 0 bridgehead atoms. The van der Waals surface area contributed by atoms with Crippen molar-refractivity contribution in [3.8, 4) is 0 Å². The second-order valence-electron chi connectivity index (χ2n) is 8.09. The van der Waals surface area contributed by atoms with Crippen molar-refractivity contribution in [3.63, 3.8) is 0 Å². The van der Waals surface area contributed by atoms with Crippen LogP contribution in [-0.2, 0) is 19.2 Å². The molecule has 2 heterocycles. The van der Waals surface area contributed by atoms with Crippen molar-refractivity contribution >= 4 is 92.8 Å². The van der Waals surface area contributed by atoms with Gasteiger partial charge in [0.25, 0.3) is 23.6 Å². The predicted molar refractivity (Wildman–Crippen MR) is 141 cm³/mol. The van der Waals surface area contributed by atoms with Gasteiger partial charge in [0.2, 0.25) is 0 Å². The van der Waals surface area contributed by atoms with Gasteiger partial charge in [-0.2, -0.15) is 0 Å². The molecule has 0 saturated carbocycles. The van der Waals surface area contributed by atoms with Gasteiger partial charge in [0, 0.05) is 33.6 Å². The van der Waals surface area contributed by atoms with Gasteiger partial charge in [-0.25, -0.2) is 0 Å². The van der Waals surface area contributed by atoms with Gasteiger partial charge in [0.1, 0.15) is 11.1 Å². The third-order valence-corrected chi connectivity index (χ3v) is 7.42. The van der Waals surface area contributed by atoms with Crippen LogP contribution in [0.2, 0.25) is 5.02 Å². The third kappa shape index (κ3) is 4.03. The second-order valence-corrected chi connectivity index (χ2v) is 9.20. The van der Waals surface area contributed by atoms with E-state index in [1.807, 2.05) is 0 Å². The Balaban J connectivity index is 1.74. The van der Waals surface area contributed by atoms with Crippen molar-refractivity contribution in [2.24, 2.45) is 0 Å². The van der Waals surface area contributed by atoms with E-state index >= 15 is 0 Å². The number of fused-ring (bicyclic) bond motifs is 1. The van der Waals surface area contributed by atoms with Crippen molar-refractivity contribution < 1.29 is 19.2 Å². The lowest BCUT2D eigenvalue weighted by atomic mass is 10.00. The molecule has 2 saturated heterocycles. The van der Waals surface area contributed by atoms with Gasteiger partial charge in [-0.1, -0.05) is 35.9 Å². The Morgan fingerprint density at radius 1 is 0.686 bits per heavy atom. The van der Waals surface area contributed by atoms with Gasteiger partial charge in [-0.3, -0.25) is 38.8 Å². The number of carbonyl (C=O) groups is 4. The van der Waals surface area contributed by atoms with Crippen LogP contribution in [0.5, 0.6) is 0 Å². The molecular weight excluding hydrogens is 508 g/mol. The smallest absolute Gasteiger partial charge is 0.265 e. The summed E-state index contributed by atoms with van der Waals surface area (Å²) in [4.78, 5) is 55.4. The van der Waals surface area contributed by atoms with Gasteiger partial charge in [-0.15, -0.1) is 0 Å². The van der Waals surface area contributed by atoms with Gasteiger partial charge >= 0.3 is 0 Å². The van der Waals surface area contributed by atoms with E-state index in [-0.39, 0.29) is 21.4 Å². The quantitative estimate of drug-likeness (QED) is 0.340. The maximum Gasteiger partial charge on any atom is 0.265 e. The third-order valence-electron chi connectivity index (χ3n) is 5.91. The van der Waals surface area contributed by atoms with Crippen LogP contribution in [0.1, 0.15) is 11.1 Å². The number of carbonyl (C=O) groups excluding carboxylic acids is 4. The van der Waals surface area contributed by atoms with E-state index in [0.29, 0.717) is 21.5 Å². The van der Waals surface area contributed by atoms with Gasteiger partial charge < -0.3 is 0 Å². The fourth-order valence-electron chi connectivity index (χ4n) is 3.80. The number of thiocarbonyl (C=S) groups is 2. The van der Waals surface area contributed by atoms with Crippen molar-refractivity contribution in [1.29, 1.82) is 0 Å². The van der Waals surface area contributed by atoms with E-state index in [1.165, 1.54) is 59.9 Å². The maximum absolute atomic E-state index is 12.6. The molecule has 35 heavy (non-hydrogen) atoms. The highest BCUT2D eigenvalue weighted by atomic mass is 35.5. The van der Waals surface area contributed by atoms with Crippen LogP contribution in [0.4, 0.5) is 0 Å². The largest absolute Gasteiger partial charge is 0.288 e. The molecule has 11 heteroatoms. The Hall–Kier alpha value is -3.47. The Bertz CT molecular complexity index is 1400. The van der Waals surface area contributed by atoms with E-state index < -0.39 is 23.6 Å². The first-order chi connectivity index (χ1) is 16.4. The van der Waals surface area contributed by atoms with Crippen LogP contribution in [0.15, 0.2) is 41.5 Å². The molecule has 0 aromatic heterocycles. The van der Waals surface area contributed by atoms with E-state index in [4.69, 9.17) is 36.0 Å². The fraction of sp³-hybridized carbons (Fsp3) is 0.167. The van der Waals surface area contributed by atoms with Crippen molar-refractivity contribution in [1.82, 2.24) is 19.6 Å². The van der Waals surface area contributed by atoms with Crippen LogP contribution in [0.25, 0.3) is 22.9 Å². The zero-order valence-corrected chi connectivity index (χ0v) is 21.5. The average Bonchev–Trinajstić information content (AvgIpc) is 2.85. The molecule has 4 rings (SSSR count). The first-order valence-electron chi connectivity index (χ1n) is 10.3. The van der Waals surface area contributed by atoms with Gasteiger partial charge in [0.15, 0.2) is 10.2 Å². The van der Waals surface area contributed by atoms with Gasteiger partial charge in [-0.05, 0) is 59.2 Å². The van der Waals surface area contributed by atoms with E-state index in [9.17, 15) is 19.2 Å². The standard InChI is InChI=1S/C24H19ClN4O4S2/c1-26-19(30)16(20(31)27(2)23(26)34)10-12-5-8-15-13(9-12)6-7-14(18(15)25)11-17-21(32)28(3)24(35)29(4)22(17)33/h5-11H,1-4H3. The lowest BCUT2D eigenvalue weighted by Gasteiger charge is -2.31. The second kappa shape index (κ2) is 8.95. The summed E-state index contributed by atoms with van der Waals surface area (Å²) in [6.07, 6.45) is 2.96. The van der Waals surface area contributed by atoms with Crippen LogP contribution in [0.3, 0.4) is 0 Å². The highest BCUT2D eigenvalue weighted by Gasteiger charge is 2.36. The molecule has 0 atom stereocenters. The summed E-state index contributed by atoms with van der Waals surface area (Å²) in [7, 11) is 6.04. The number of rotatable bonds is 2. The lowest BCUT2D eigenvalue weighted by Crippen LogP contribution is -2.52. The fourth-order valence-corrected chi connectivity index (χ4v) is 4.42. The summed E-state index contributed by atoms with van der Waals surface area (Å²) in [5.74, 6) is -1.97. The molecule has 2 aliphatic heterocycles. The van der Waals surface area contributed by atoms with Crippen molar-refractivity contribution in [2.45, 2.75) is 0 Å². The number of benzene rings is 2. The van der Waals surface area contributed by atoms with Crippen molar-refractivity contribution in [2.75, 3.05) is 28.2 Å². The zero-order valence-electron chi connectivity index (χ0n) is 19.2. The average molecular weight is 527 g/mol. The summed E-state index contributed by atoms with van der Waals surface area (Å²) in [6.45, 7) is 0. The molecule has 0 N–H and O–H groups in total. The van der Waals surface area contributed by atoms with Gasteiger partial charge in [0.05, 0.1) is 5.02 Å². The number of hydrogen-bond donors (Lipinski definition) is 0. The van der Waals surface area contributed by atoms with Crippen LogP contribution < -0.4 is 0 Å². The number of hydrogen-bond acceptors (Lipinski definition) is 6. The van der Waals surface area contributed by atoms with E-state index in [2.05, 4.69) is 0 Å². The number of amides is 4. The minimum atomic E-state index is -0.507. The zero-order chi connectivity index (χ0) is 25.8. The maximum atomic E-state index is 12.6. The topological polar surface area (TPSA) is 81.2 Å². The van der Waals surface area contributed by atoms with E-state index in [0.717, 1.165) is 5.39 Å². The predicted octanol–water partition coefficient (Wildman–Crippen LogP) is 2.69.